The lowest BCUT2D eigenvalue weighted by molar-refractivity contribution is -0.139. The number of hydrogen-bond donors (Lipinski definition) is 2. The predicted octanol–water partition coefficient (Wildman–Crippen LogP) is 2.48. The van der Waals surface area contributed by atoms with Crippen LogP contribution in [-0.2, 0) is 16.0 Å². The molecule has 3 atom stereocenters. The van der Waals surface area contributed by atoms with Crippen LogP contribution in [0.5, 0.6) is 0 Å². The Morgan fingerprint density at radius 2 is 2.00 bits per heavy atom. The van der Waals surface area contributed by atoms with Crippen molar-refractivity contribution in [1.82, 2.24) is 15.5 Å². The van der Waals surface area contributed by atoms with Crippen molar-refractivity contribution in [3.05, 3.63) is 35.9 Å². The average Bonchev–Trinajstić information content (AvgIpc) is 2.68. The van der Waals surface area contributed by atoms with E-state index in [0.29, 0.717) is 38.8 Å². The zero-order valence-electron chi connectivity index (χ0n) is 15.9. The molecular formula is C21H29N3O3. The zero-order valence-corrected chi connectivity index (χ0v) is 15.9. The van der Waals surface area contributed by atoms with Crippen LogP contribution in [0.4, 0.5) is 4.79 Å². The molecule has 6 nitrogen and oxygen atoms in total. The van der Waals surface area contributed by atoms with Crippen molar-refractivity contribution in [2.75, 3.05) is 13.1 Å². The molecule has 3 rings (SSSR count). The molecule has 0 spiro atoms. The summed E-state index contributed by atoms with van der Waals surface area (Å²) in [4.78, 5) is 39.0. The van der Waals surface area contributed by atoms with Crippen LogP contribution in [0.25, 0.3) is 0 Å². The van der Waals surface area contributed by atoms with Crippen molar-refractivity contribution in [3.63, 3.8) is 0 Å². The number of imide groups is 1. The van der Waals surface area contributed by atoms with Crippen LogP contribution in [0.1, 0.15) is 44.6 Å². The number of benzene rings is 1. The minimum atomic E-state index is -0.329. The number of urea groups is 1. The summed E-state index contributed by atoms with van der Waals surface area (Å²) >= 11 is 0. The second-order valence-corrected chi connectivity index (χ2v) is 7.54. The van der Waals surface area contributed by atoms with Crippen molar-refractivity contribution in [1.29, 1.82) is 0 Å². The Bertz CT molecular complexity index is 677. The minimum absolute atomic E-state index is 0.0510. The third kappa shape index (κ3) is 4.67. The Balaban J connectivity index is 1.55. The molecule has 2 aliphatic rings. The smallest absolute Gasteiger partial charge is 0.324 e. The maximum absolute atomic E-state index is 12.8. The maximum Gasteiger partial charge on any atom is 0.324 e. The quantitative estimate of drug-likeness (QED) is 0.723. The maximum atomic E-state index is 12.8. The predicted molar refractivity (Wildman–Crippen MR) is 103 cm³/mol. The van der Waals surface area contributed by atoms with Gasteiger partial charge in [0.1, 0.15) is 0 Å². The molecule has 1 aromatic carbocycles. The van der Waals surface area contributed by atoms with Crippen molar-refractivity contribution in [2.45, 2.75) is 51.5 Å². The van der Waals surface area contributed by atoms with Gasteiger partial charge >= 0.3 is 6.03 Å². The van der Waals surface area contributed by atoms with Gasteiger partial charge in [-0.1, -0.05) is 43.7 Å². The lowest BCUT2D eigenvalue weighted by Crippen LogP contribution is -2.62. The number of unbranched alkanes of at least 4 members (excludes halogenated alkanes) is 1. The van der Waals surface area contributed by atoms with E-state index in [9.17, 15) is 14.4 Å². The van der Waals surface area contributed by atoms with Gasteiger partial charge in [-0.05, 0) is 37.7 Å². The van der Waals surface area contributed by atoms with Gasteiger partial charge in [0.05, 0.1) is 5.92 Å². The average molecular weight is 371 g/mol. The number of carbonyl (C=O) groups excluding carboxylic acids is 3. The van der Waals surface area contributed by atoms with E-state index in [2.05, 4.69) is 17.6 Å². The molecule has 1 aromatic rings. The van der Waals surface area contributed by atoms with Crippen LogP contribution in [0.3, 0.4) is 0 Å². The van der Waals surface area contributed by atoms with Crippen molar-refractivity contribution < 1.29 is 14.4 Å². The van der Waals surface area contributed by atoms with Crippen molar-refractivity contribution in [3.8, 4) is 0 Å². The highest BCUT2D eigenvalue weighted by Gasteiger charge is 2.45. The van der Waals surface area contributed by atoms with E-state index in [1.807, 2.05) is 30.3 Å². The molecule has 27 heavy (non-hydrogen) atoms. The Kier molecular flexibility index (Phi) is 6.48. The Labute approximate surface area is 160 Å². The molecule has 3 unspecified atom stereocenters. The molecule has 4 amide bonds. The van der Waals surface area contributed by atoms with E-state index >= 15 is 0 Å². The van der Waals surface area contributed by atoms with E-state index in [-0.39, 0.29) is 35.7 Å². The van der Waals surface area contributed by atoms with Gasteiger partial charge in [0.2, 0.25) is 11.8 Å². The molecule has 0 radical (unpaired) electrons. The first kappa shape index (κ1) is 19.4. The fourth-order valence-electron chi connectivity index (χ4n) is 4.03. The first-order chi connectivity index (χ1) is 13.1. The summed E-state index contributed by atoms with van der Waals surface area (Å²) in [6, 6.07) is 9.29. The molecule has 1 aliphatic heterocycles. The third-order valence-corrected chi connectivity index (χ3v) is 5.65. The van der Waals surface area contributed by atoms with Crippen LogP contribution in [0, 0.1) is 11.8 Å². The number of nitrogens with one attached hydrogen (secondary N) is 2. The minimum Gasteiger partial charge on any atom is -0.356 e. The number of fused-ring (bicyclic) bond motifs is 1. The molecule has 146 valence electrons. The summed E-state index contributed by atoms with van der Waals surface area (Å²) in [7, 11) is 0. The highest BCUT2D eigenvalue weighted by atomic mass is 16.2. The summed E-state index contributed by atoms with van der Waals surface area (Å²) in [6.07, 6.45) is 4.56. The van der Waals surface area contributed by atoms with Crippen LogP contribution >= 0.6 is 0 Å². The van der Waals surface area contributed by atoms with E-state index < -0.39 is 0 Å². The largest absolute Gasteiger partial charge is 0.356 e. The van der Waals surface area contributed by atoms with Gasteiger partial charge < -0.3 is 10.6 Å². The number of amides is 4. The van der Waals surface area contributed by atoms with Gasteiger partial charge in [-0.25, -0.2) is 4.79 Å². The number of nitrogens with zero attached hydrogens (tertiary/aromatic N) is 1. The van der Waals surface area contributed by atoms with Gasteiger partial charge in [-0.3, -0.25) is 14.5 Å². The number of rotatable bonds is 7. The van der Waals surface area contributed by atoms with Gasteiger partial charge in [-0.15, -0.1) is 0 Å². The molecule has 2 N–H and O–H groups in total. The lowest BCUT2D eigenvalue weighted by atomic mass is 9.76. The van der Waals surface area contributed by atoms with E-state index in [1.54, 1.807) is 0 Å². The fourth-order valence-corrected chi connectivity index (χ4v) is 4.03. The number of hydrogen-bond acceptors (Lipinski definition) is 3. The normalized spacial score (nSPS) is 24.9. The highest BCUT2D eigenvalue weighted by Crippen LogP contribution is 2.33. The standard InChI is InChI=1S/C21H29N3O3/c1-2-3-12-22-19(25)16-9-10-17-18(14-16)23-21(27)24(20(17)26)13-11-15-7-5-4-6-8-15/h4-8,16-18H,2-3,9-14H2,1H3,(H,22,25)(H,23,27). The summed E-state index contributed by atoms with van der Waals surface area (Å²) < 4.78 is 0. The summed E-state index contributed by atoms with van der Waals surface area (Å²) in [6.45, 7) is 3.17. The second kappa shape index (κ2) is 9.02. The van der Waals surface area contributed by atoms with Crippen LogP contribution in [0.2, 0.25) is 0 Å². The van der Waals surface area contributed by atoms with Crippen molar-refractivity contribution in [2.24, 2.45) is 11.8 Å². The van der Waals surface area contributed by atoms with Gasteiger partial charge in [0.25, 0.3) is 0 Å². The molecule has 6 heteroatoms. The van der Waals surface area contributed by atoms with E-state index in [0.717, 1.165) is 18.4 Å². The fraction of sp³-hybridized carbons (Fsp3) is 0.571. The third-order valence-electron chi connectivity index (χ3n) is 5.65. The van der Waals surface area contributed by atoms with E-state index in [4.69, 9.17) is 0 Å². The lowest BCUT2D eigenvalue weighted by Gasteiger charge is -2.42. The molecule has 1 aliphatic carbocycles. The SMILES string of the molecule is CCCCNC(=O)C1CCC2C(=O)N(CCc3ccccc3)C(=O)NC2C1. The van der Waals surface area contributed by atoms with Crippen molar-refractivity contribution >= 4 is 17.8 Å². The summed E-state index contributed by atoms with van der Waals surface area (Å²) in [5, 5.41) is 5.94. The zero-order chi connectivity index (χ0) is 19.2. The monoisotopic (exact) mass is 371 g/mol. The molecule has 1 heterocycles. The second-order valence-electron chi connectivity index (χ2n) is 7.54. The molecule has 0 bridgehead atoms. The topological polar surface area (TPSA) is 78.5 Å². The Morgan fingerprint density at radius 1 is 1.22 bits per heavy atom. The first-order valence-electron chi connectivity index (χ1n) is 10.0. The highest BCUT2D eigenvalue weighted by molar-refractivity contribution is 5.99. The van der Waals surface area contributed by atoms with Crippen LogP contribution < -0.4 is 10.6 Å². The first-order valence-corrected chi connectivity index (χ1v) is 10.0. The van der Waals surface area contributed by atoms with Gasteiger partial charge in [-0.2, -0.15) is 0 Å². The van der Waals surface area contributed by atoms with E-state index in [1.165, 1.54) is 4.90 Å². The van der Waals surface area contributed by atoms with Crippen LogP contribution in [-0.4, -0.2) is 41.9 Å². The summed E-state index contributed by atoms with van der Waals surface area (Å²) in [5.74, 6) is -0.370. The molecular weight excluding hydrogens is 342 g/mol. The molecule has 0 aromatic heterocycles. The summed E-state index contributed by atoms with van der Waals surface area (Å²) in [5.41, 5.74) is 1.10. The van der Waals surface area contributed by atoms with Crippen LogP contribution in [0.15, 0.2) is 30.3 Å². The number of carbonyl (C=O) groups is 3. The Morgan fingerprint density at radius 3 is 2.74 bits per heavy atom. The Hall–Kier alpha value is -2.37. The van der Waals surface area contributed by atoms with Gasteiger partial charge in [0, 0.05) is 25.0 Å². The molecule has 1 saturated carbocycles. The molecule has 2 fully saturated rings. The molecule has 1 saturated heterocycles. The van der Waals surface area contributed by atoms with Gasteiger partial charge in [0.15, 0.2) is 0 Å².